The van der Waals surface area contributed by atoms with Gasteiger partial charge in [-0.05, 0) is 13.8 Å². The van der Waals surface area contributed by atoms with Gasteiger partial charge in [0.25, 0.3) is 5.69 Å². The summed E-state index contributed by atoms with van der Waals surface area (Å²) in [4.78, 5) is 10.3. The minimum absolute atomic E-state index is 0.00694. The fraction of sp³-hybridized carbons (Fsp3) is 0.455. The second-order valence-electron chi connectivity index (χ2n) is 4.15. The molecule has 1 aromatic carbocycles. The van der Waals surface area contributed by atoms with Crippen LogP contribution in [0.3, 0.4) is 0 Å². The number of ether oxygens (including phenoxy) is 1. The number of non-ortho nitro benzene ring substituents is 1. The summed E-state index contributed by atoms with van der Waals surface area (Å²) in [5, 5.41) is 12.5. The van der Waals surface area contributed by atoms with Crippen molar-refractivity contribution in [2.24, 2.45) is 0 Å². The Labute approximate surface area is 100 Å². The predicted molar refractivity (Wildman–Crippen MR) is 66.2 cm³/mol. The lowest BCUT2D eigenvalue weighted by atomic mass is 10.2. The van der Waals surface area contributed by atoms with Crippen LogP contribution in [-0.4, -0.2) is 30.1 Å². The Kier molecular flexibility index (Phi) is 4.28. The summed E-state index contributed by atoms with van der Waals surface area (Å²) < 4.78 is 5.46. The third kappa shape index (κ3) is 4.28. The third-order valence-electron chi connectivity index (χ3n) is 1.83. The van der Waals surface area contributed by atoms with E-state index in [2.05, 4.69) is 5.43 Å². The van der Waals surface area contributed by atoms with Crippen molar-refractivity contribution in [2.45, 2.75) is 20.0 Å². The number of hydrogen-bond acceptors (Lipinski definition) is 5. The van der Waals surface area contributed by atoms with E-state index in [0.717, 1.165) is 0 Å². The van der Waals surface area contributed by atoms with Crippen LogP contribution in [0.5, 0.6) is 5.75 Å². The molecule has 6 nitrogen and oxygen atoms in total. The lowest BCUT2D eigenvalue weighted by Gasteiger charge is -2.15. The highest BCUT2D eigenvalue weighted by atomic mass is 16.6. The maximum Gasteiger partial charge on any atom is 0.275 e. The molecule has 0 fully saturated rings. The molecule has 1 rings (SSSR count). The Hall–Kier alpha value is -1.82. The van der Waals surface area contributed by atoms with Crippen LogP contribution in [0.25, 0.3) is 0 Å². The van der Waals surface area contributed by atoms with Gasteiger partial charge in [0.15, 0.2) is 0 Å². The van der Waals surface area contributed by atoms with E-state index in [-0.39, 0.29) is 11.8 Å². The second-order valence-corrected chi connectivity index (χ2v) is 4.15. The predicted octanol–water partition coefficient (Wildman–Crippen LogP) is 2.27. The van der Waals surface area contributed by atoms with Crippen molar-refractivity contribution in [3.8, 4) is 5.75 Å². The Balaban J connectivity index is 3.04. The first-order chi connectivity index (χ1) is 7.88. The smallest absolute Gasteiger partial charge is 0.275 e. The van der Waals surface area contributed by atoms with Gasteiger partial charge in [0, 0.05) is 26.2 Å². The fourth-order valence-electron chi connectivity index (χ4n) is 1.35. The van der Waals surface area contributed by atoms with Crippen LogP contribution in [0.4, 0.5) is 11.4 Å². The Morgan fingerprint density at radius 3 is 2.47 bits per heavy atom. The molecule has 0 radical (unpaired) electrons. The first kappa shape index (κ1) is 13.2. The molecule has 0 aliphatic heterocycles. The zero-order valence-corrected chi connectivity index (χ0v) is 10.4. The van der Waals surface area contributed by atoms with Gasteiger partial charge in [-0.3, -0.25) is 10.1 Å². The molecule has 0 amide bonds. The van der Waals surface area contributed by atoms with Crippen LogP contribution in [0.1, 0.15) is 13.8 Å². The summed E-state index contributed by atoms with van der Waals surface area (Å²) in [5.74, 6) is 0.485. The lowest BCUT2D eigenvalue weighted by molar-refractivity contribution is -0.384. The Morgan fingerprint density at radius 1 is 1.35 bits per heavy atom. The highest BCUT2D eigenvalue weighted by Gasteiger charge is 2.11. The molecule has 0 saturated heterocycles. The van der Waals surface area contributed by atoms with Crippen LogP contribution < -0.4 is 10.2 Å². The summed E-state index contributed by atoms with van der Waals surface area (Å²) in [6.07, 6.45) is -0.0239. The zero-order valence-electron chi connectivity index (χ0n) is 10.4. The molecule has 1 N–H and O–H groups in total. The van der Waals surface area contributed by atoms with Crippen molar-refractivity contribution in [1.29, 1.82) is 0 Å². The quantitative estimate of drug-likeness (QED) is 0.630. The highest BCUT2D eigenvalue weighted by molar-refractivity contribution is 5.55. The molecule has 0 bridgehead atoms. The molecule has 0 saturated carbocycles. The van der Waals surface area contributed by atoms with Crippen LogP contribution in [0.2, 0.25) is 0 Å². The van der Waals surface area contributed by atoms with Crippen molar-refractivity contribution in [1.82, 2.24) is 5.01 Å². The fourth-order valence-corrected chi connectivity index (χ4v) is 1.35. The van der Waals surface area contributed by atoms with E-state index in [4.69, 9.17) is 4.74 Å². The molecular weight excluding hydrogens is 222 g/mol. The molecule has 0 aromatic heterocycles. The normalized spacial score (nSPS) is 10.7. The Morgan fingerprint density at radius 2 is 2.00 bits per heavy atom. The van der Waals surface area contributed by atoms with E-state index in [1.165, 1.54) is 12.1 Å². The molecule has 17 heavy (non-hydrogen) atoms. The third-order valence-corrected chi connectivity index (χ3v) is 1.83. The number of benzene rings is 1. The molecule has 0 aliphatic carbocycles. The first-order valence-electron chi connectivity index (χ1n) is 5.28. The van der Waals surface area contributed by atoms with Gasteiger partial charge in [0.1, 0.15) is 5.75 Å². The van der Waals surface area contributed by atoms with Crippen molar-refractivity contribution < 1.29 is 9.66 Å². The maximum absolute atomic E-state index is 10.8. The molecule has 0 aliphatic rings. The zero-order chi connectivity index (χ0) is 13.0. The number of anilines is 1. The second kappa shape index (κ2) is 5.49. The Bertz CT molecular complexity index is 377. The van der Waals surface area contributed by atoms with E-state index >= 15 is 0 Å². The minimum atomic E-state index is -0.436. The first-order valence-corrected chi connectivity index (χ1v) is 5.28. The van der Waals surface area contributed by atoms with Crippen molar-refractivity contribution in [3.05, 3.63) is 28.3 Å². The van der Waals surface area contributed by atoms with Gasteiger partial charge in [-0.25, -0.2) is 5.01 Å². The summed E-state index contributed by atoms with van der Waals surface area (Å²) in [6, 6.07) is 4.61. The molecular formula is C11H17N3O3. The van der Waals surface area contributed by atoms with Gasteiger partial charge in [0.05, 0.1) is 22.8 Å². The van der Waals surface area contributed by atoms with E-state index in [1.807, 2.05) is 27.9 Å². The van der Waals surface area contributed by atoms with Crippen LogP contribution >= 0.6 is 0 Å². The molecule has 6 heteroatoms. The highest BCUT2D eigenvalue weighted by Crippen LogP contribution is 2.26. The number of nitro groups is 1. The van der Waals surface area contributed by atoms with Crippen LogP contribution in [-0.2, 0) is 0 Å². The molecule has 94 valence electrons. The summed E-state index contributed by atoms with van der Waals surface area (Å²) in [5.41, 5.74) is 3.59. The molecule has 0 spiro atoms. The van der Waals surface area contributed by atoms with Gasteiger partial charge >= 0.3 is 0 Å². The monoisotopic (exact) mass is 239 g/mol. The van der Waals surface area contributed by atoms with Gasteiger partial charge in [-0.1, -0.05) is 0 Å². The number of nitrogens with one attached hydrogen (secondary N) is 1. The van der Waals surface area contributed by atoms with E-state index in [1.54, 1.807) is 11.1 Å². The standard InChI is InChI=1S/C11H17N3O3/c1-8(2)17-11-6-9(12-13(3)4)5-10(7-11)14(15)16/h5-8,12H,1-4H3. The number of nitrogens with zero attached hydrogens (tertiary/aromatic N) is 2. The minimum Gasteiger partial charge on any atom is -0.491 e. The van der Waals surface area contributed by atoms with E-state index in [0.29, 0.717) is 11.4 Å². The summed E-state index contributed by atoms with van der Waals surface area (Å²) >= 11 is 0. The molecule has 0 heterocycles. The van der Waals surface area contributed by atoms with Gasteiger partial charge in [-0.2, -0.15) is 0 Å². The van der Waals surface area contributed by atoms with Gasteiger partial charge in [-0.15, -0.1) is 0 Å². The maximum atomic E-state index is 10.8. The van der Waals surface area contributed by atoms with Crippen molar-refractivity contribution in [3.63, 3.8) is 0 Å². The topological polar surface area (TPSA) is 67.6 Å². The average Bonchev–Trinajstić information content (AvgIpc) is 2.14. The molecule has 0 atom stereocenters. The number of hydrogen-bond donors (Lipinski definition) is 1. The van der Waals surface area contributed by atoms with E-state index < -0.39 is 4.92 Å². The number of rotatable bonds is 5. The van der Waals surface area contributed by atoms with E-state index in [9.17, 15) is 10.1 Å². The van der Waals surface area contributed by atoms with Crippen LogP contribution in [0, 0.1) is 10.1 Å². The molecule has 0 unspecified atom stereocenters. The number of nitro benzene ring substituents is 1. The van der Waals surface area contributed by atoms with Crippen molar-refractivity contribution in [2.75, 3.05) is 19.5 Å². The average molecular weight is 239 g/mol. The number of hydrazine groups is 1. The summed E-state index contributed by atoms with van der Waals surface area (Å²) in [7, 11) is 3.61. The van der Waals surface area contributed by atoms with Crippen molar-refractivity contribution >= 4 is 11.4 Å². The summed E-state index contributed by atoms with van der Waals surface area (Å²) in [6.45, 7) is 3.75. The van der Waals surface area contributed by atoms with Gasteiger partial charge < -0.3 is 10.2 Å². The van der Waals surface area contributed by atoms with Gasteiger partial charge in [0.2, 0.25) is 0 Å². The SMILES string of the molecule is CC(C)Oc1cc(NN(C)C)cc([N+](=O)[O-])c1. The largest absolute Gasteiger partial charge is 0.491 e. The molecule has 1 aromatic rings. The lowest BCUT2D eigenvalue weighted by Crippen LogP contribution is -2.19. The van der Waals surface area contributed by atoms with Crippen LogP contribution in [0.15, 0.2) is 18.2 Å².